The van der Waals surface area contributed by atoms with Crippen molar-refractivity contribution in [3.63, 3.8) is 0 Å². The van der Waals surface area contributed by atoms with E-state index in [2.05, 4.69) is 49.6 Å². The van der Waals surface area contributed by atoms with Crippen LogP contribution in [-0.4, -0.2) is 23.1 Å². The molecule has 0 radical (unpaired) electrons. The van der Waals surface area contributed by atoms with Gasteiger partial charge in [0.05, 0.1) is 12.2 Å². The van der Waals surface area contributed by atoms with Gasteiger partial charge in [0.2, 0.25) is 5.88 Å². The summed E-state index contributed by atoms with van der Waals surface area (Å²) in [5.74, 6) is 2.35. The molecule has 1 heterocycles. The Hall–Kier alpha value is -1.58. The van der Waals surface area contributed by atoms with E-state index in [1.54, 1.807) is 0 Å². The third-order valence-corrected chi connectivity index (χ3v) is 2.88. The van der Waals surface area contributed by atoms with Gasteiger partial charge < -0.3 is 10.1 Å². The van der Waals surface area contributed by atoms with Gasteiger partial charge in [0.1, 0.15) is 11.6 Å². The average molecular weight is 277 g/mol. The molecule has 0 aliphatic carbocycles. The molecule has 0 spiro atoms. The van der Waals surface area contributed by atoms with E-state index in [1.807, 2.05) is 13.0 Å². The predicted molar refractivity (Wildman–Crippen MR) is 84.6 cm³/mol. The third-order valence-electron chi connectivity index (χ3n) is 2.88. The maximum absolute atomic E-state index is 5.77. The maximum atomic E-state index is 5.77. The minimum Gasteiger partial charge on any atom is -0.477 e. The monoisotopic (exact) mass is 277 g/mol. The number of anilines is 1. The number of hydrogen-bond donors (Lipinski definition) is 1. The van der Waals surface area contributed by atoms with E-state index in [0.717, 1.165) is 36.6 Å². The summed E-state index contributed by atoms with van der Waals surface area (Å²) in [5.41, 5.74) is 0.864. The lowest BCUT2D eigenvalue weighted by Crippen LogP contribution is -2.19. The Morgan fingerprint density at radius 2 is 2.00 bits per heavy atom. The summed E-state index contributed by atoms with van der Waals surface area (Å²) in [7, 11) is 0. The second-order valence-corrected chi connectivity index (χ2v) is 5.93. The van der Waals surface area contributed by atoms with Gasteiger partial charge in [-0.1, -0.05) is 33.8 Å². The quantitative estimate of drug-likeness (QED) is 0.607. The molecule has 0 aliphatic heterocycles. The topological polar surface area (TPSA) is 47.0 Å². The average Bonchev–Trinajstić information content (AvgIpc) is 2.38. The highest BCUT2D eigenvalue weighted by atomic mass is 16.5. The molecule has 0 bridgehead atoms. The molecule has 0 amide bonds. The fraction of sp³-hybridized carbons (Fsp3) is 0.625. The van der Waals surface area contributed by atoms with Crippen molar-refractivity contribution in [3.8, 4) is 5.88 Å². The summed E-state index contributed by atoms with van der Waals surface area (Å²) < 4.78 is 5.77. The summed E-state index contributed by atoms with van der Waals surface area (Å²) in [5, 5.41) is 3.35. The second-order valence-electron chi connectivity index (χ2n) is 5.93. The molecule has 0 fully saturated rings. The first-order valence-electron chi connectivity index (χ1n) is 7.26. The van der Waals surface area contributed by atoms with Gasteiger partial charge >= 0.3 is 0 Å². The molecule has 0 unspecified atom stereocenters. The molecule has 1 aromatic heterocycles. The Labute approximate surface area is 122 Å². The molecule has 1 N–H and O–H groups in total. The lowest BCUT2D eigenvalue weighted by atomic mass is 9.95. The van der Waals surface area contributed by atoms with Crippen molar-refractivity contribution >= 4 is 5.82 Å². The highest BCUT2D eigenvalue weighted by Crippen LogP contribution is 2.27. The van der Waals surface area contributed by atoms with Crippen molar-refractivity contribution in [1.82, 2.24) is 9.97 Å². The molecule has 20 heavy (non-hydrogen) atoms. The van der Waals surface area contributed by atoms with Crippen LogP contribution in [0.4, 0.5) is 5.82 Å². The fourth-order valence-electron chi connectivity index (χ4n) is 1.63. The van der Waals surface area contributed by atoms with Gasteiger partial charge in [-0.25, -0.2) is 4.98 Å². The molecule has 4 nitrogen and oxygen atoms in total. The van der Waals surface area contributed by atoms with Crippen molar-refractivity contribution in [1.29, 1.82) is 0 Å². The van der Waals surface area contributed by atoms with Crippen LogP contribution in [0.25, 0.3) is 0 Å². The van der Waals surface area contributed by atoms with Gasteiger partial charge in [0, 0.05) is 12.0 Å². The lowest BCUT2D eigenvalue weighted by Gasteiger charge is -2.20. The van der Waals surface area contributed by atoms with Crippen LogP contribution >= 0.6 is 0 Å². The molecule has 0 atom stereocenters. The number of hydrogen-bond acceptors (Lipinski definition) is 4. The van der Waals surface area contributed by atoms with E-state index in [9.17, 15) is 0 Å². The van der Waals surface area contributed by atoms with Crippen LogP contribution in [0.1, 0.15) is 51.9 Å². The molecule has 0 saturated carbocycles. The number of ether oxygens (including phenoxy) is 1. The zero-order valence-electron chi connectivity index (χ0n) is 13.4. The summed E-state index contributed by atoms with van der Waals surface area (Å²) in [4.78, 5) is 9.22. The zero-order chi connectivity index (χ0) is 15.2. The normalized spacial score (nSPS) is 11.2. The van der Waals surface area contributed by atoms with Crippen molar-refractivity contribution in [2.75, 3.05) is 18.5 Å². The molecule has 0 saturated heterocycles. The molecule has 112 valence electrons. The smallest absolute Gasteiger partial charge is 0.221 e. The van der Waals surface area contributed by atoms with Gasteiger partial charge in [0.15, 0.2) is 0 Å². The summed E-state index contributed by atoms with van der Waals surface area (Å²) in [6, 6.07) is 0. The van der Waals surface area contributed by atoms with Crippen molar-refractivity contribution in [2.45, 2.75) is 52.9 Å². The maximum Gasteiger partial charge on any atom is 0.221 e. The SMILES string of the molecule is C=CCCOc1nc(C(C)(C)C)nc(NCCC)c1C. The minimum atomic E-state index is -0.104. The van der Waals surface area contributed by atoms with Crippen LogP contribution in [-0.2, 0) is 5.41 Å². The summed E-state index contributed by atoms with van der Waals surface area (Å²) in [6.07, 6.45) is 3.71. The second kappa shape index (κ2) is 7.27. The lowest BCUT2D eigenvalue weighted by molar-refractivity contribution is 0.306. The molecular weight excluding hydrogens is 250 g/mol. The molecule has 1 aromatic rings. The van der Waals surface area contributed by atoms with Gasteiger partial charge in [0.25, 0.3) is 0 Å². The van der Waals surface area contributed by atoms with Gasteiger partial charge in [-0.3, -0.25) is 0 Å². The Kier molecular flexibility index (Phi) is 5.99. The van der Waals surface area contributed by atoms with Gasteiger partial charge in [-0.2, -0.15) is 4.98 Å². The van der Waals surface area contributed by atoms with E-state index in [-0.39, 0.29) is 5.41 Å². The number of aromatic nitrogens is 2. The highest BCUT2D eigenvalue weighted by Gasteiger charge is 2.21. The minimum absolute atomic E-state index is 0.104. The largest absolute Gasteiger partial charge is 0.477 e. The van der Waals surface area contributed by atoms with E-state index in [1.165, 1.54) is 0 Å². The Morgan fingerprint density at radius 1 is 1.30 bits per heavy atom. The van der Waals surface area contributed by atoms with Gasteiger partial charge in [-0.05, 0) is 19.8 Å². The highest BCUT2D eigenvalue weighted by molar-refractivity contribution is 5.49. The third kappa shape index (κ3) is 4.51. The van der Waals surface area contributed by atoms with Crippen molar-refractivity contribution < 1.29 is 4.74 Å². The van der Waals surface area contributed by atoms with Crippen LogP contribution in [0.15, 0.2) is 12.7 Å². The molecular formula is C16H27N3O. The standard InChI is InChI=1S/C16H27N3O/c1-7-9-11-20-14-12(3)13(17-10-8-2)18-15(19-14)16(4,5)6/h7H,1,8-11H2,2-6H3,(H,17,18,19). The Balaban J connectivity index is 3.09. The first-order chi connectivity index (χ1) is 9.40. The summed E-state index contributed by atoms with van der Waals surface area (Å²) in [6.45, 7) is 15.6. The number of nitrogens with zero attached hydrogens (tertiary/aromatic N) is 2. The van der Waals surface area contributed by atoms with Crippen LogP contribution in [0.5, 0.6) is 5.88 Å². The van der Waals surface area contributed by atoms with Crippen LogP contribution in [0.2, 0.25) is 0 Å². The van der Waals surface area contributed by atoms with E-state index < -0.39 is 0 Å². The van der Waals surface area contributed by atoms with E-state index in [4.69, 9.17) is 4.74 Å². The van der Waals surface area contributed by atoms with Crippen LogP contribution in [0.3, 0.4) is 0 Å². The molecule has 0 aliphatic rings. The van der Waals surface area contributed by atoms with Crippen LogP contribution < -0.4 is 10.1 Å². The molecule has 1 rings (SSSR count). The van der Waals surface area contributed by atoms with E-state index in [0.29, 0.717) is 12.5 Å². The predicted octanol–water partition coefficient (Wildman–Crippen LogP) is 3.86. The van der Waals surface area contributed by atoms with E-state index >= 15 is 0 Å². The van der Waals surface area contributed by atoms with Crippen molar-refractivity contribution in [2.24, 2.45) is 0 Å². The van der Waals surface area contributed by atoms with Crippen LogP contribution in [0, 0.1) is 6.92 Å². The molecule has 0 aromatic carbocycles. The molecule has 4 heteroatoms. The first-order valence-corrected chi connectivity index (χ1v) is 7.26. The number of rotatable bonds is 7. The number of nitrogens with one attached hydrogen (secondary N) is 1. The summed E-state index contributed by atoms with van der Waals surface area (Å²) >= 11 is 0. The zero-order valence-corrected chi connectivity index (χ0v) is 13.4. The fourth-order valence-corrected chi connectivity index (χ4v) is 1.63. The first kappa shape index (κ1) is 16.5. The Bertz CT molecular complexity index is 450. The van der Waals surface area contributed by atoms with Gasteiger partial charge in [-0.15, -0.1) is 6.58 Å². The van der Waals surface area contributed by atoms with Crippen molar-refractivity contribution in [3.05, 3.63) is 24.0 Å². The Morgan fingerprint density at radius 3 is 2.55 bits per heavy atom.